The Morgan fingerprint density at radius 2 is 1.67 bits per heavy atom. The Hall–Kier alpha value is -0.410. The lowest BCUT2D eigenvalue weighted by atomic mass is 9.87. The van der Waals surface area contributed by atoms with Crippen LogP contribution in [0.15, 0.2) is 0 Å². The SMILES string of the molecule is C[C@@H]1[C@@H]2OC3C(=O)[C@H]1O[C@@H]3[C@H]2C. The predicted molar refractivity (Wildman–Crippen MR) is 40.7 cm³/mol. The summed E-state index contributed by atoms with van der Waals surface area (Å²) in [4.78, 5) is 11.5. The summed E-state index contributed by atoms with van der Waals surface area (Å²) in [6.45, 7) is 4.15. The van der Waals surface area contributed by atoms with Gasteiger partial charge >= 0.3 is 0 Å². The first-order valence-corrected chi connectivity index (χ1v) is 4.55. The van der Waals surface area contributed by atoms with Gasteiger partial charge in [-0.2, -0.15) is 0 Å². The summed E-state index contributed by atoms with van der Waals surface area (Å²) in [5, 5.41) is 0. The Morgan fingerprint density at radius 1 is 1.00 bits per heavy atom. The van der Waals surface area contributed by atoms with Crippen LogP contribution >= 0.6 is 0 Å². The molecule has 4 fully saturated rings. The Labute approximate surface area is 71.0 Å². The Balaban J connectivity index is 2.06. The van der Waals surface area contributed by atoms with E-state index in [1.165, 1.54) is 0 Å². The summed E-state index contributed by atoms with van der Waals surface area (Å²) in [5.41, 5.74) is 0. The maximum Gasteiger partial charge on any atom is 0.193 e. The summed E-state index contributed by atoms with van der Waals surface area (Å²) in [7, 11) is 0. The monoisotopic (exact) mass is 168 g/mol. The molecule has 4 bridgehead atoms. The lowest BCUT2D eigenvalue weighted by molar-refractivity contribution is -0.151. The minimum absolute atomic E-state index is 0.0590. The van der Waals surface area contributed by atoms with Crippen molar-refractivity contribution >= 4 is 5.78 Å². The molecule has 4 aliphatic rings. The lowest BCUT2D eigenvalue weighted by Crippen LogP contribution is -2.45. The zero-order valence-electron chi connectivity index (χ0n) is 7.19. The van der Waals surface area contributed by atoms with E-state index in [1.807, 2.05) is 6.92 Å². The van der Waals surface area contributed by atoms with Gasteiger partial charge in [0.1, 0.15) is 12.2 Å². The highest BCUT2D eigenvalue weighted by molar-refractivity contribution is 5.91. The number of carbonyl (C=O) groups is 1. The van der Waals surface area contributed by atoms with E-state index in [0.29, 0.717) is 5.92 Å². The van der Waals surface area contributed by atoms with Crippen molar-refractivity contribution in [1.29, 1.82) is 0 Å². The van der Waals surface area contributed by atoms with Crippen molar-refractivity contribution in [3.05, 3.63) is 0 Å². The Bertz CT molecular complexity index is 244. The molecule has 12 heavy (non-hydrogen) atoms. The number of hydrogen-bond acceptors (Lipinski definition) is 3. The average molecular weight is 168 g/mol. The summed E-state index contributed by atoms with van der Waals surface area (Å²) >= 11 is 0. The number of ketones is 1. The molecule has 1 unspecified atom stereocenters. The van der Waals surface area contributed by atoms with E-state index in [-0.39, 0.29) is 36.1 Å². The minimum atomic E-state index is -0.230. The maximum absolute atomic E-state index is 11.5. The molecule has 0 saturated carbocycles. The third kappa shape index (κ3) is 0.559. The van der Waals surface area contributed by atoms with Gasteiger partial charge in [-0.15, -0.1) is 0 Å². The Kier molecular flexibility index (Phi) is 1.12. The van der Waals surface area contributed by atoms with Gasteiger partial charge in [0, 0.05) is 11.8 Å². The molecule has 66 valence electrons. The van der Waals surface area contributed by atoms with Crippen LogP contribution in [-0.4, -0.2) is 30.2 Å². The van der Waals surface area contributed by atoms with Crippen LogP contribution in [0.5, 0.6) is 0 Å². The van der Waals surface area contributed by atoms with E-state index in [0.717, 1.165) is 0 Å². The Morgan fingerprint density at radius 3 is 2.33 bits per heavy atom. The zero-order chi connectivity index (χ0) is 8.46. The number of rotatable bonds is 0. The van der Waals surface area contributed by atoms with Gasteiger partial charge < -0.3 is 9.47 Å². The smallest absolute Gasteiger partial charge is 0.193 e. The van der Waals surface area contributed by atoms with Crippen LogP contribution < -0.4 is 0 Å². The van der Waals surface area contributed by atoms with Crippen molar-refractivity contribution in [2.45, 2.75) is 38.3 Å². The molecule has 4 aliphatic heterocycles. The fourth-order valence-corrected chi connectivity index (χ4v) is 2.81. The van der Waals surface area contributed by atoms with Crippen molar-refractivity contribution in [2.24, 2.45) is 11.8 Å². The van der Waals surface area contributed by atoms with Crippen LogP contribution in [-0.2, 0) is 14.3 Å². The predicted octanol–water partition coefficient (Wildman–Crippen LogP) is 0.376. The van der Waals surface area contributed by atoms with Crippen LogP contribution in [0.1, 0.15) is 13.8 Å². The molecule has 6 atom stereocenters. The molecule has 0 radical (unpaired) electrons. The summed E-state index contributed by atoms with van der Waals surface area (Å²) in [5.74, 6) is 0.822. The first kappa shape index (κ1) is 7.04. The van der Waals surface area contributed by atoms with Crippen LogP contribution in [0.3, 0.4) is 0 Å². The summed E-state index contributed by atoms with van der Waals surface area (Å²) in [6.07, 6.45) is -0.0682. The van der Waals surface area contributed by atoms with Gasteiger partial charge in [-0.25, -0.2) is 0 Å². The molecular weight excluding hydrogens is 156 g/mol. The normalized spacial score (nSPS) is 61.7. The highest BCUT2D eigenvalue weighted by Crippen LogP contribution is 2.47. The van der Waals surface area contributed by atoms with Gasteiger partial charge in [0.25, 0.3) is 0 Å². The van der Waals surface area contributed by atoms with Crippen LogP contribution in [0.25, 0.3) is 0 Å². The number of carbonyl (C=O) groups excluding carboxylic acids is 1. The average Bonchev–Trinajstić information content (AvgIpc) is 2.43. The number of ether oxygens (including phenoxy) is 2. The largest absolute Gasteiger partial charge is 0.364 e. The third-order valence-corrected chi connectivity index (χ3v) is 3.50. The second-order valence-electron chi connectivity index (χ2n) is 4.16. The lowest BCUT2D eigenvalue weighted by Gasteiger charge is -2.34. The second-order valence-corrected chi connectivity index (χ2v) is 4.16. The fraction of sp³-hybridized carbons (Fsp3) is 0.889. The van der Waals surface area contributed by atoms with Crippen LogP contribution in [0.4, 0.5) is 0 Å². The maximum atomic E-state index is 11.5. The van der Waals surface area contributed by atoms with Gasteiger partial charge in [0.15, 0.2) is 5.78 Å². The van der Waals surface area contributed by atoms with Crippen molar-refractivity contribution in [3.8, 4) is 0 Å². The fourth-order valence-electron chi connectivity index (χ4n) is 2.81. The van der Waals surface area contributed by atoms with Crippen molar-refractivity contribution in [2.75, 3.05) is 0 Å². The highest BCUT2D eigenvalue weighted by atomic mass is 16.6. The standard InChI is InChI=1S/C9H12O3/c1-3-6-4(2)8-9(11-6)5(10)7(3)12-8/h3-4,6-9H,1-2H3/t3-,4+,6+,7+,8-,9?/m1/s1. The molecule has 0 aromatic rings. The molecule has 4 saturated heterocycles. The molecule has 0 spiro atoms. The van der Waals surface area contributed by atoms with Gasteiger partial charge in [0.05, 0.1) is 12.2 Å². The molecular formula is C9H12O3. The summed E-state index contributed by atoms with van der Waals surface area (Å²) < 4.78 is 11.2. The molecule has 0 N–H and O–H groups in total. The number of hydrogen-bond donors (Lipinski definition) is 0. The van der Waals surface area contributed by atoms with E-state index in [9.17, 15) is 4.79 Å². The summed E-state index contributed by atoms with van der Waals surface area (Å²) in [6, 6.07) is 0. The molecule has 0 aromatic carbocycles. The van der Waals surface area contributed by atoms with Gasteiger partial charge in [-0.1, -0.05) is 13.8 Å². The van der Waals surface area contributed by atoms with Crippen LogP contribution in [0, 0.1) is 11.8 Å². The van der Waals surface area contributed by atoms with Gasteiger partial charge in [-0.05, 0) is 0 Å². The minimum Gasteiger partial charge on any atom is -0.364 e. The van der Waals surface area contributed by atoms with Crippen molar-refractivity contribution < 1.29 is 14.3 Å². The van der Waals surface area contributed by atoms with E-state index < -0.39 is 0 Å². The van der Waals surface area contributed by atoms with Crippen LogP contribution in [0.2, 0.25) is 0 Å². The molecule has 4 rings (SSSR count). The molecule has 3 heteroatoms. The first-order chi connectivity index (χ1) is 5.70. The first-order valence-electron chi connectivity index (χ1n) is 4.55. The van der Waals surface area contributed by atoms with E-state index in [4.69, 9.17) is 9.47 Å². The van der Waals surface area contributed by atoms with E-state index in [1.54, 1.807) is 0 Å². The van der Waals surface area contributed by atoms with E-state index >= 15 is 0 Å². The molecule has 4 heterocycles. The zero-order valence-corrected chi connectivity index (χ0v) is 7.19. The molecule has 0 amide bonds. The molecule has 3 nitrogen and oxygen atoms in total. The van der Waals surface area contributed by atoms with Gasteiger partial charge in [0.2, 0.25) is 0 Å². The molecule has 0 aromatic heterocycles. The quantitative estimate of drug-likeness (QED) is 0.524. The highest BCUT2D eigenvalue weighted by Gasteiger charge is 2.63. The van der Waals surface area contributed by atoms with Crippen molar-refractivity contribution in [3.63, 3.8) is 0 Å². The van der Waals surface area contributed by atoms with Gasteiger partial charge in [-0.3, -0.25) is 4.79 Å². The molecule has 0 aliphatic carbocycles. The third-order valence-electron chi connectivity index (χ3n) is 3.50. The number of Topliss-reactive ketones (excluding diaryl/α,β-unsaturated/α-hetero) is 1. The van der Waals surface area contributed by atoms with E-state index in [2.05, 4.69) is 6.92 Å². The second kappa shape index (κ2) is 1.91. The van der Waals surface area contributed by atoms with Crippen molar-refractivity contribution in [1.82, 2.24) is 0 Å². The topological polar surface area (TPSA) is 35.5 Å².